The summed E-state index contributed by atoms with van der Waals surface area (Å²) in [5.41, 5.74) is 0.197. The quantitative estimate of drug-likeness (QED) is 0.808. The van der Waals surface area contributed by atoms with Crippen molar-refractivity contribution in [3.63, 3.8) is 0 Å². The summed E-state index contributed by atoms with van der Waals surface area (Å²) in [6.07, 6.45) is 0.261. The van der Waals surface area contributed by atoms with Crippen molar-refractivity contribution in [3.05, 3.63) is 22.6 Å². The first-order chi connectivity index (χ1) is 9.17. The van der Waals surface area contributed by atoms with Gasteiger partial charge in [-0.15, -0.1) is 5.10 Å². The maximum Gasteiger partial charge on any atom is 0.364 e. The Morgan fingerprint density at radius 2 is 2.37 bits per heavy atom. The van der Waals surface area contributed by atoms with Gasteiger partial charge >= 0.3 is 5.69 Å². The molecule has 0 aliphatic carbocycles. The van der Waals surface area contributed by atoms with Gasteiger partial charge in [-0.3, -0.25) is 0 Å². The topological polar surface area (TPSA) is 75.5 Å². The summed E-state index contributed by atoms with van der Waals surface area (Å²) in [6.45, 7) is 3.54. The molecule has 1 N–H and O–H groups in total. The molecule has 0 aromatic carbocycles. The second-order valence-corrected chi connectivity index (χ2v) is 5.27. The molecule has 3 rings (SSSR count). The molecule has 2 atom stereocenters. The normalized spacial score (nSPS) is 24.0. The van der Waals surface area contributed by atoms with E-state index in [2.05, 4.69) is 36.1 Å². The van der Waals surface area contributed by atoms with E-state index in [1.54, 1.807) is 6.07 Å². The molecule has 1 aliphatic heterocycles. The lowest BCUT2D eigenvalue weighted by molar-refractivity contribution is -0.00229. The zero-order valence-corrected chi connectivity index (χ0v) is 12.0. The Balaban J connectivity index is 1.94. The standard InChI is InChI=1S/C11H14BrN5O2/c1-7-5-16(6-8(4-12)19-7)10-3-2-9-13-14-11(18)17(9)15-10/h2-3,7-8H,4-6H2,1H3,(H,14,18). The zero-order valence-electron chi connectivity index (χ0n) is 10.4. The summed E-state index contributed by atoms with van der Waals surface area (Å²) in [7, 11) is 0. The number of aromatic amines is 1. The Morgan fingerprint density at radius 3 is 3.16 bits per heavy atom. The number of morpholine rings is 1. The molecule has 0 spiro atoms. The van der Waals surface area contributed by atoms with Gasteiger partial charge in [0.25, 0.3) is 0 Å². The number of nitrogens with zero attached hydrogens (tertiary/aromatic N) is 4. The highest BCUT2D eigenvalue weighted by atomic mass is 79.9. The van der Waals surface area contributed by atoms with E-state index >= 15 is 0 Å². The molecule has 0 amide bonds. The van der Waals surface area contributed by atoms with Crippen LogP contribution in [0.4, 0.5) is 5.82 Å². The van der Waals surface area contributed by atoms with E-state index in [1.165, 1.54) is 4.52 Å². The number of alkyl halides is 1. The Bertz CT molecular complexity index is 639. The second-order valence-electron chi connectivity index (χ2n) is 4.62. The third-order valence-electron chi connectivity index (χ3n) is 3.08. The smallest absolute Gasteiger partial charge is 0.364 e. The van der Waals surface area contributed by atoms with Crippen molar-refractivity contribution in [2.45, 2.75) is 19.1 Å². The first-order valence-corrected chi connectivity index (χ1v) is 7.20. The minimum atomic E-state index is -0.324. The summed E-state index contributed by atoms with van der Waals surface area (Å²) >= 11 is 3.44. The number of rotatable bonds is 2. The molecule has 19 heavy (non-hydrogen) atoms. The van der Waals surface area contributed by atoms with Crippen LogP contribution in [0.15, 0.2) is 16.9 Å². The third kappa shape index (κ3) is 2.37. The van der Waals surface area contributed by atoms with Gasteiger partial charge in [0.1, 0.15) is 5.82 Å². The summed E-state index contributed by atoms with van der Waals surface area (Å²) in [5, 5.41) is 11.3. The minimum absolute atomic E-state index is 0.127. The third-order valence-corrected chi connectivity index (χ3v) is 3.80. The Hall–Kier alpha value is -1.41. The summed E-state index contributed by atoms with van der Waals surface area (Å²) in [6, 6.07) is 3.66. The van der Waals surface area contributed by atoms with Crippen molar-refractivity contribution in [2.24, 2.45) is 0 Å². The molecule has 102 valence electrons. The van der Waals surface area contributed by atoms with Gasteiger partial charge in [0, 0.05) is 18.4 Å². The Labute approximate surface area is 117 Å². The monoisotopic (exact) mass is 327 g/mol. The van der Waals surface area contributed by atoms with E-state index in [-0.39, 0.29) is 17.9 Å². The molecule has 8 heteroatoms. The van der Waals surface area contributed by atoms with Gasteiger partial charge in [-0.25, -0.2) is 9.89 Å². The molecular weight excluding hydrogens is 314 g/mol. The number of anilines is 1. The van der Waals surface area contributed by atoms with E-state index < -0.39 is 0 Å². The maximum absolute atomic E-state index is 11.5. The van der Waals surface area contributed by atoms with E-state index in [0.29, 0.717) is 5.65 Å². The van der Waals surface area contributed by atoms with Gasteiger partial charge in [0.15, 0.2) is 5.65 Å². The van der Waals surface area contributed by atoms with Gasteiger partial charge in [-0.05, 0) is 19.1 Å². The van der Waals surface area contributed by atoms with Gasteiger partial charge in [0.2, 0.25) is 0 Å². The average molecular weight is 328 g/mol. The summed E-state index contributed by atoms with van der Waals surface area (Å²) < 4.78 is 7.06. The van der Waals surface area contributed by atoms with Crippen LogP contribution in [0, 0.1) is 0 Å². The minimum Gasteiger partial charge on any atom is -0.371 e. The van der Waals surface area contributed by atoms with Crippen LogP contribution in [0.5, 0.6) is 0 Å². The van der Waals surface area contributed by atoms with Crippen LogP contribution in [0.3, 0.4) is 0 Å². The zero-order chi connectivity index (χ0) is 13.4. The highest BCUT2D eigenvalue weighted by molar-refractivity contribution is 9.09. The van der Waals surface area contributed by atoms with Crippen molar-refractivity contribution in [1.82, 2.24) is 19.8 Å². The fourth-order valence-electron chi connectivity index (χ4n) is 2.28. The molecule has 0 bridgehead atoms. The molecular formula is C11H14BrN5O2. The fourth-order valence-corrected chi connectivity index (χ4v) is 2.64. The number of ether oxygens (including phenoxy) is 1. The highest BCUT2D eigenvalue weighted by Gasteiger charge is 2.25. The molecule has 1 aliphatic rings. The lowest BCUT2D eigenvalue weighted by Gasteiger charge is -2.36. The molecule has 3 heterocycles. The molecule has 2 unspecified atom stereocenters. The highest BCUT2D eigenvalue weighted by Crippen LogP contribution is 2.19. The summed E-state index contributed by atoms with van der Waals surface area (Å²) in [5.74, 6) is 0.761. The van der Waals surface area contributed by atoms with Gasteiger partial charge in [-0.1, -0.05) is 15.9 Å². The number of halogens is 1. The van der Waals surface area contributed by atoms with E-state index in [1.807, 2.05) is 13.0 Å². The van der Waals surface area contributed by atoms with Crippen LogP contribution in [0.2, 0.25) is 0 Å². The van der Waals surface area contributed by atoms with Crippen LogP contribution in [0.25, 0.3) is 5.65 Å². The average Bonchev–Trinajstić information content (AvgIpc) is 2.79. The maximum atomic E-state index is 11.5. The van der Waals surface area contributed by atoms with Gasteiger partial charge in [-0.2, -0.15) is 9.61 Å². The fraction of sp³-hybridized carbons (Fsp3) is 0.545. The van der Waals surface area contributed by atoms with Gasteiger partial charge in [0.05, 0.1) is 12.2 Å². The number of hydrogen-bond donors (Lipinski definition) is 1. The number of H-pyrrole nitrogens is 1. The molecule has 7 nitrogen and oxygen atoms in total. The number of hydrogen-bond acceptors (Lipinski definition) is 5. The molecule has 0 radical (unpaired) electrons. The molecule has 0 saturated carbocycles. The van der Waals surface area contributed by atoms with Crippen molar-refractivity contribution >= 4 is 27.4 Å². The van der Waals surface area contributed by atoms with Crippen molar-refractivity contribution < 1.29 is 4.74 Å². The van der Waals surface area contributed by atoms with Crippen molar-refractivity contribution in [2.75, 3.05) is 23.3 Å². The van der Waals surface area contributed by atoms with Gasteiger partial charge < -0.3 is 9.64 Å². The van der Waals surface area contributed by atoms with Crippen LogP contribution in [0.1, 0.15) is 6.92 Å². The Morgan fingerprint density at radius 1 is 1.53 bits per heavy atom. The Kier molecular flexibility index (Phi) is 3.28. The van der Waals surface area contributed by atoms with E-state index in [9.17, 15) is 4.79 Å². The van der Waals surface area contributed by atoms with Crippen molar-refractivity contribution in [3.8, 4) is 0 Å². The SMILES string of the molecule is CC1CN(c2ccc3n[nH]c(=O)n3n2)CC(CBr)O1. The molecule has 2 aromatic heterocycles. The first kappa shape index (κ1) is 12.6. The lowest BCUT2D eigenvalue weighted by atomic mass is 10.2. The molecule has 2 aromatic rings. The van der Waals surface area contributed by atoms with Crippen LogP contribution < -0.4 is 10.6 Å². The van der Waals surface area contributed by atoms with E-state index in [0.717, 1.165) is 24.2 Å². The van der Waals surface area contributed by atoms with E-state index in [4.69, 9.17) is 4.74 Å². The predicted molar refractivity (Wildman–Crippen MR) is 73.9 cm³/mol. The molecule has 1 fully saturated rings. The lowest BCUT2D eigenvalue weighted by Crippen LogP contribution is -2.47. The number of aromatic nitrogens is 4. The number of nitrogens with one attached hydrogen (secondary N) is 1. The predicted octanol–water partition coefficient (Wildman–Crippen LogP) is 0.406. The summed E-state index contributed by atoms with van der Waals surface area (Å²) in [4.78, 5) is 13.7. The first-order valence-electron chi connectivity index (χ1n) is 6.08. The largest absolute Gasteiger partial charge is 0.371 e. The van der Waals surface area contributed by atoms with Crippen LogP contribution in [-0.4, -0.2) is 50.4 Å². The van der Waals surface area contributed by atoms with Crippen molar-refractivity contribution in [1.29, 1.82) is 0 Å². The van der Waals surface area contributed by atoms with Crippen LogP contribution in [-0.2, 0) is 4.74 Å². The molecule has 1 saturated heterocycles. The number of fused-ring (bicyclic) bond motifs is 1. The van der Waals surface area contributed by atoms with Crippen LogP contribution >= 0.6 is 15.9 Å². The second kappa shape index (κ2) is 4.93.